The molecular weight excluding hydrogens is 615 g/mol. The van der Waals surface area contributed by atoms with Gasteiger partial charge in [0.05, 0.1) is 32.3 Å². The van der Waals surface area contributed by atoms with Crippen LogP contribution in [0.2, 0.25) is 5.02 Å². The molecule has 0 aliphatic carbocycles. The zero-order valence-electron chi connectivity index (χ0n) is 23.4. The van der Waals surface area contributed by atoms with Crippen LogP contribution in [-0.4, -0.2) is 71.5 Å². The summed E-state index contributed by atoms with van der Waals surface area (Å²) in [6.07, 6.45) is 1.82. The number of alkyl halides is 1. The normalized spacial score (nSPS) is 26.1. The first-order chi connectivity index (χ1) is 21.2. The molecule has 2 aromatic heterocycles. The fourth-order valence-electron chi connectivity index (χ4n) is 7.56. The van der Waals surface area contributed by atoms with E-state index in [0.29, 0.717) is 31.7 Å². The van der Waals surface area contributed by atoms with Crippen molar-refractivity contribution in [1.82, 2.24) is 14.9 Å². The lowest BCUT2D eigenvalue weighted by molar-refractivity contribution is 0.107. The van der Waals surface area contributed by atoms with Gasteiger partial charge in [-0.05, 0) is 37.4 Å². The maximum Gasteiger partial charge on any atom is 0.319 e. The second-order valence-corrected chi connectivity index (χ2v) is 13.5. The Morgan fingerprint density at radius 1 is 1.25 bits per heavy atom. The zero-order valence-corrected chi connectivity index (χ0v) is 25.0. The first-order valence-electron chi connectivity index (χ1n) is 14.5. The molecule has 0 radical (unpaired) electrons. The van der Waals surface area contributed by atoms with Gasteiger partial charge in [-0.3, -0.25) is 4.90 Å². The molecule has 228 valence electrons. The number of fused-ring (bicyclic) bond motifs is 4. The number of nitrogen functional groups attached to an aromatic ring is 1. The number of hydrogen-bond donors (Lipinski definition) is 2. The van der Waals surface area contributed by atoms with Gasteiger partial charge < -0.3 is 25.8 Å². The van der Waals surface area contributed by atoms with E-state index in [1.165, 1.54) is 12.1 Å². The third-order valence-corrected chi connectivity index (χ3v) is 11.0. The topological polar surface area (TPSA) is 127 Å². The van der Waals surface area contributed by atoms with E-state index in [9.17, 15) is 14.0 Å². The lowest BCUT2D eigenvalue weighted by Crippen LogP contribution is -2.44. The summed E-state index contributed by atoms with van der Waals surface area (Å²) in [6, 6.07) is 4.04. The summed E-state index contributed by atoms with van der Waals surface area (Å²) in [4.78, 5) is 13.4. The van der Waals surface area contributed by atoms with Crippen molar-refractivity contribution in [3.63, 3.8) is 0 Å². The number of nitrogens with two attached hydrogens (primary N) is 2. The highest BCUT2D eigenvalue weighted by atomic mass is 35.5. The highest BCUT2D eigenvalue weighted by Gasteiger charge is 2.49. The van der Waals surface area contributed by atoms with Crippen molar-refractivity contribution in [3.05, 3.63) is 34.4 Å². The third-order valence-electron chi connectivity index (χ3n) is 9.64. The van der Waals surface area contributed by atoms with Crippen LogP contribution in [0.4, 0.5) is 24.0 Å². The van der Waals surface area contributed by atoms with E-state index in [0.717, 1.165) is 30.7 Å². The molecule has 3 saturated heterocycles. The second kappa shape index (κ2) is 9.97. The van der Waals surface area contributed by atoms with Gasteiger partial charge >= 0.3 is 6.01 Å². The molecule has 9 nitrogen and oxygen atoms in total. The fourth-order valence-corrected chi connectivity index (χ4v) is 8.84. The zero-order chi connectivity index (χ0) is 30.5. The molecule has 3 fully saturated rings. The van der Waals surface area contributed by atoms with Gasteiger partial charge in [-0.15, -0.1) is 11.3 Å². The smallest absolute Gasteiger partial charge is 0.319 e. The first kappa shape index (κ1) is 27.9. The molecule has 6 heterocycles. The summed E-state index contributed by atoms with van der Waals surface area (Å²) in [5.41, 5.74) is 12.1. The largest absolute Gasteiger partial charge is 0.489 e. The van der Waals surface area contributed by atoms with Crippen LogP contribution in [0.3, 0.4) is 0 Å². The Bertz CT molecular complexity index is 1920. The highest BCUT2D eigenvalue weighted by Crippen LogP contribution is 2.51. The number of nitriles is 1. The van der Waals surface area contributed by atoms with Gasteiger partial charge in [-0.2, -0.15) is 15.2 Å². The van der Waals surface area contributed by atoms with E-state index in [1.54, 1.807) is 0 Å². The van der Waals surface area contributed by atoms with E-state index >= 15 is 4.39 Å². The summed E-state index contributed by atoms with van der Waals surface area (Å²) in [5, 5.41) is 10.3. The van der Waals surface area contributed by atoms with Gasteiger partial charge in [0, 0.05) is 36.5 Å². The van der Waals surface area contributed by atoms with Crippen LogP contribution in [0.1, 0.15) is 31.2 Å². The van der Waals surface area contributed by atoms with Gasteiger partial charge in [-0.1, -0.05) is 17.7 Å². The van der Waals surface area contributed by atoms with Crippen LogP contribution >= 0.6 is 22.9 Å². The third kappa shape index (κ3) is 3.90. The second-order valence-electron chi connectivity index (χ2n) is 12.0. The van der Waals surface area contributed by atoms with E-state index in [2.05, 4.69) is 9.88 Å². The van der Waals surface area contributed by atoms with Gasteiger partial charge in [-0.25, -0.2) is 13.2 Å². The van der Waals surface area contributed by atoms with Crippen LogP contribution in [0.15, 0.2) is 12.1 Å². The number of ether oxygens (including phenoxy) is 2. The molecule has 0 bridgehead atoms. The minimum absolute atomic E-state index is 0.0315. The summed E-state index contributed by atoms with van der Waals surface area (Å²) in [7, 11) is 0. The summed E-state index contributed by atoms with van der Waals surface area (Å²) in [5.74, 6) is -0.844. The highest BCUT2D eigenvalue weighted by molar-refractivity contribution is 7.23. The average molecular weight is 642 g/mol. The lowest BCUT2D eigenvalue weighted by atomic mass is 9.95. The predicted octanol–water partition coefficient (Wildman–Crippen LogP) is 5.15. The number of rotatable bonds is 4. The molecule has 4 aliphatic heterocycles. The average Bonchev–Trinajstić information content (AvgIpc) is 3.71. The molecule has 0 amide bonds. The molecule has 4 atom stereocenters. The number of hydrogen-bond acceptors (Lipinski definition) is 10. The van der Waals surface area contributed by atoms with Crippen LogP contribution in [0.25, 0.3) is 32.1 Å². The van der Waals surface area contributed by atoms with E-state index in [1.807, 2.05) is 11.0 Å². The number of aromatic nitrogens is 2. The van der Waals surface area contributed by atoms with E-state index in [-0.39, 0.29) is 84.8 Å². The Hall–Kier alpha value is -3.57. The number of thiophene rings is 1. The van der Waals surface area contributed by atoms with Crippen molar-refractivity contribution in [1.29, 1.82) is 5.26 Å². The molecule has 0 spiro atoms. The van der Waals surface area contributed by atoms with Crippen molar-refractivity contribution in [2.45, 2.75) is 49.5 Å². The predicted molar refractivity (Wildman–Crippen MR) is 162 cm³/mol. The lowest BCUT2D eigenvalue weighted by Gasteiger charge is -2.31. The van der Waals surface area contributed by atoms with Crippen LogP contribution in [0.5, 0.6) is 11.8 Å². The van der Waals surface area contributed by atoms with Gasteiger partial charge in [0.2, 0.25) is 0 Å². The fraction of sp³-hybridized carbons (Fsp3) is 0.433. The number of benzene rings is 2. The molecule has 14 heteroatoms. The Morgan fingerprint density at radius 2 is 2.09 bits per heavy atom. The molecule has 4 N–H and O–H groups in total. The van der Waals surface area contributed by atoms with E-state index < -0.39 is 23.3 Å². The number of anilines is 2. The monoisotopic (exact) mass is 641 g/mol. The van der Waals surface area contributed by atoms with Gasteiger partial charge in [0.15, 0.2) is 11.6 Å². The quantitative estimate of drug-likeness (QED) is 0.311. The molecule has 8 rings (SSSR count). The Balaban J connectivity index is 1.35. The summed E-state index contributed by atoms with van der Waals surface area (Å²) >= 11 is 7.86. The van der Waals surface area contributed by atoms with Crippen molar-refractivity contribution >= 4 is 54.7 Å². The maximum absolute atomic E-state index is 17.0. The van der Waals surface area contributed by atoms with Gasteiger partial charge in [0.25, 0.3) is 0 Å². The number of halogens is 4. The van der Waals surface area contributed by atoms with Crippen molar-refractivity contribution in [2.24, 2.45) is 5.73 Å². The maximum atomic E-state index is 17.0. The molecule has 2 aromatic carbocycles. The van der Waals surface area contributed by atoms with Crippen LogP contribution in [0, 0.1) is 23.0 Å². The minimum atomic E-state index is -0.938. The van der Waals surface area contributed by atoms with Crippen molar-refractivity contribution in [2.75, 3.05) is 43.5 Å². The minimum Gasteiger partial charge on any atom is -0.489 e. The first-order valence-corrected chi connectivity index (χ1v) is 15.7. The molecule has 3 unspecified atom stereocenters. The summed E-state index contributed by atoms with van der Waals surface area (Å²) < 4.78 is 58.8. The Kier molecular flexibility index (Phi) is 6.33. The number of nitrogens with zero attached hydrogens (tertiary/aromatic N) is 5. The Labute approximate surface area is 259 Å². The molecule has 4 aromatic rings. The Morgan fingerprint density at radius 3 is 2.91 bits per heavy atom. The van der Waals surface area contributed by atoms with Crippen molar-refractivity contribution in [3.8, 4) is 29.0 Å². The molecule has 4 aliphatic rings. The van der Waals surface area contributed by atoms with Gasteiger partial charge in [0.1, 0.15) is 47.6 Å². The molecular formula is C30H27ClF3N7O2S. The van der Waals surface area contributed by atoms with E-state index in [4.69, 9.17) is 37.5 Å². The molecule has 0 saturated carbocycles. The molecule has 44 heavy (non-hydrogen) atoms. The summed E-state index contributed by atoms with van der Waals surface area (Å²) in [6.45, 7) is 2.03. The van der Waals surface area contributed by atoms with Crippen LogP contribution < -0.4 is 25.8 Å². The standard InChI is InChI=1S/C30H27ClF3N7O2S/c31-22-20(14-2-3-16(33)26-19(14)15(9-35)27(37)44-26)23(34)24-21-25(22)42-11-18-17(36)4-7-41(18)28(21)39-29(38-24)43-12-30-5-1-6-40(30)10-13(32)8-30/h2-3,13,17-18H,1,4-8,10-12,36-37H2/t13-,17?,18?,30?/m1/s1. The SMILES string of the molecule is N#Cc1c(N)sc2c(F)ccc(-c3c(Cl)c4c5c(nc(OCC67CCCN6C[C@H](F)C7)nc5c3F)N3CCC(N)C3CO4)c12. The van der Waals surface area contributed by atoms with Crippen molar-refractivity contribution < 1.29 is 22.6 Å². The van der Waals surface area contributed by atoms with Crippen LogP contribution in [-0.2, 0) is 0 Å².